The van der Waals surface area contributed by atoms with Gasteiger partial charge < -0.3 is 39.6 Å². The molecule has 0 unspecified atom stereocenters. The Labute approximate surface area is 240 Å². The van der Waals surface area contributed by atoms with Crippen molar-refractivity contribution in [2.45, 2.75) is 49.4 Å². The van der Waals surface area contributed by atoms with Gasteiger partial charge in [-0.3, -0.25) is 0 Å². The molecule has 2 rings (SSSR count). The van der Waals surface area contributed by atoms with Crippen LogP contribution in [0.3, 0.4) is 0 Å². The fraction of sp³-hybridized carbons (Fsp3) is 0.333. The number of hydrogen-bond acceptors (Lipinski definition) is 8. The molecular formula is C30H36O8Sn. The van der Waals surface area contributed by atoms with Gasteiger partial charge in [0, 0.05) is 0 Å². The Hall–Kier alpha value is -3.40. The van der Waals surface area contributed by atoms with Crippen molar-refractivity contribution in [3.63, 3.8) is 0 Å². The van der Waals surface area contributed by atoms with Gasteiger partial charge in [0.15, 0.2) is 0 Å². The van der Waals surface area contributed by atoms with E-state index in [9.17, 15) is 39.6 Å². The summed E-state index contributed by atoms with van der Waals surface area (Å²) in [6.07, 6.45) is 1.11. The van der Waals surface area contributed by atoms with Gasteiger partial charge in [0.25, 0.3) is 0 Å². The number of carbonyl (C=O) groups is 4. The molecule has 0 spiro atoms. The van der Waals surface area contributed by atoms with Crippen molar-refractivity contribution in [2.24, 2.45) is 11.8 Å². The molecule has 0 atom stereocenters. The number of aliphatic carboxylic acids is 4. The molecule has 0 aromatic heterocycles. The minimum atomic E-state index is -1.54. The molecule has 39 heavy (non-hydrogen) atoms. The summed E-state index contributed by atoms with van der Waals surface area (Å²) in [7, 11) is 0. The molecule has 0 fully saturated rings. The normalized spacial score (nSPS) is 11.1. The second-order valence-corrected chi connectivity index (χ2v) is 14.9. The molecule has 2 aromatic rings. The molecule has 0 amide bonds. The molecule has 0 saturated carbocycles. The van der Waals surface area contributed by atoms with Gasteiger partial charge in [-0.25, -0.2) is 0 Å². The van der Waals surface area contributed by atoms with Gasteiger partial charge in [-0.2, -0.15) is 0 Å². The number of rotatable bonds is 12. The molecule has 0 aliphatic rings. The number of carboxylic acids is 4. The van der Waals surface area contributed by atoms with Gasteiger partial charge >= 0.3 is 69.5 Å². The molecule has 0 aliphatic carbocycles. The van der Waals surface area contributed by atoms with Crippen LogP contribution < -0.4 is 20.4 Å². The first-order valence-corrected chi connectivity index (χ1v) is 18.4. The summed E-state index contributed by atoms with van der Waals surface area (Å²) in [6.45, 7) is 9.38. The molecular weight excluding hydrogens is 607 g/mol. The molecule has 0 heterocycles. The summed E-state index contributed by atoms with van der Waals surface area (Å²) in [5, 5.41) is 41.6. The van der Waals surface area contributed by atoms with Crippen LogP contribution in [-0.4, -0.2) is 45.0 Å². The van der Waals surface area contributed by atoms with Gasteiger partial charge in [0.05, 0.1) is 23.9 Å². The van der Waals surface area contributed by atoms with Crippen LogP contribution in [0.2, 0.25) is 8.87 Å². The van der Waals surface area contributed by atoms with E-state index in [2.05, 4.69) is 27.7 Å². The topological polar surface area (TPSA) is 161 Å². The Kier molecular flexibility index (Phi) is 18.8. The van der Waals surface area contributed by atoms with Gasteiger partial charge in [-0.15, -0.1) is 0 Å². The Morgan fingerprint density at radius 2 is 0.923 bits per heavy atom. The second-order valence-electron chi connectivity index (χ2n) is 9.60. The van der Waals surface area contributed by atoms with Gasteiger partial charge in [-0.1, -0.05) is 60.7 Å². The van der Waals surface area contributed by atoms with Crippen molar-refractivity contribution in [1.29, 1.82) is 0 Å². The molecule has 0 N–H and O–H groups in total. The molecule has 9 heteroatoms. The number of carbonyl (C=O) groups excluding carboxylic acids is 4. The average Bonchev–Trinajstić information content (AvgIpc) is 2.84. The fourth-order valence-corrected chi connectivity index (χ4v) is 8.55. The number of hydrogen-bond donors (Lipinski definition) is 0. The number of carboxylic acid groups (broad SMARTS) is 4. The van der Waals surface area contributed by atoms with Crippen molar-refractivity contribution < 1.29 is 39.6 Å². The van der Waals surface area contributed by atoms with Crippen molar-refractivity contribution in [3.05, 3.63) is 95.1 Å². The van der Waals surface area contributed by atoms with Crippen molar-refractivity contribution in [3.8, 4) is 0 Å². The molecule has 8 nitrogen and oxygen atoms in total. The first-order chi connectivity index (χ1) is 18.3. The Balaban J connectivity index is 0.000000576. The Morgan fingerprint density at radius 1 is 0.615 bits per heavy atom. The van der Waals surface area contributed by atoms with Crippen LogP contribution in [0.25, 0.3) is 0 Å². The predicted octanol–water partition coefficient (Wildman–Crippen LogP) is -0.386. The smallest absolute Gasteiger partial charge is 0.0678 e. The number of benzene rings is 2. The zero-order chi connectivity index (χ0) is 29.8. The third-order valence-corrected chi connectivity index (χ3v) is 14.1. The largest absolute Gasteiger partial charge is 0.545 e. The maximum absolute atomic E-state index is 10.6. The van der Waals surface area contributed by atoms with Crippen molar-refractivity contribution >= 4 is 45.0 Å². The SMILES string of the molecule is CC(C)[CH2][SnH2+4][CH2]C(C)C.O=C([O-])/C=C(/Cc1ccccc1)C(=O)[O-].O=C([O-])/C=C(/Cc1ccccc1)C(=O)[O-]. The minimum absolute atomic E-state index is 0.0111. The first-order valence-electron chi connectivity index (χ1n) is 12.6. The van der Waals surface area contributed by atoms with E-state index in [1.54, 1.807) is 69.5 Å². The molecule has 0 bridgehead atoms. The van der Waals surface area contributed by atoms with Gasteiger partial charge in [0.1, 0.15) is 0 Å². The second kappa shape index (κ2) is 20.5. The standard InChI is InChI=1S/2C11H10O4.2C4H9.Sn.2H/c2*12-10(13)7-9(11(14)15)6-8-4-2-1-3-5-8;2*1-4(2)3;;;/h2*1-5,7H,6H2,(H,12,13)(H,14,15);2*4H,1H2,2-3H3;;;/q;;;;+4;;/p-4/b2*9-7-;;;;;. The third kappa shape index (κ3) is 20.3. The Bertz CT molecular complexity index is 1000. The van der Waals surface area contributed by atoms with E-state index in [4.69, 9.17) is 0 Å². The van der Waals surface area contributed by atoms with Crippen LogP contribution in [0.15, 0.2) is 84.0 Å². The van der Waals surface area contributed by atoms with Crippen LogP contribution in [0.1, 0.15) is 38.8 Å². The Morgan fingerprint density at radius 3 is 1.15 bits per heavy atom. The van der Waals surface area contributed by atoms with Crippen LogP contribution in [0.4, 0.5) is 0 Å². The van der Waals surface area contributed by atoms with E-state index < -0.39 is 23.9 Å². The van der Waals surface area contributed by atoms with Crippen LogP contribution in [0, 0.1) is 11.8 Å². The van der Waals surface area contributed by atoms with Gasteiger partial charge in [-0.05, 0) is 47.3 Å². The third-order valence-electron chi connectivity index (χ3n) is 5.15. The quantitative estimate of drug-likeness (QED) is 0.224. The fourth-order valence-electron chi connectivity index (χ4n) is 3.21. The zero-order valence-corrected chi connectivity index (χ0v) is 26.9. The summed E-state index contributed by atoms with van der Waals surface area (Å²) in [6, 6.07) is 17.3. The van der Waals surface area contributed by atoms with Crippen LogP contribution in [-0.2, 0) is 32.0 Å². The molecule has 208 valence electrons. The van der Waals surface area contributed by atoms with E-state index in [1.807, 2.05) is 0 Å². The van der Waals surface area contributed by atoms with E-state index in [-0.39, 0.29) is 45.1 Å². The van der Waals surface area contributed by atoms with Crippen molar-refractivity contribution in [1.82, 2.24) is 0 Å². The summed E-state index contributed by atoms with van der Waals surface area (Å²) < 4.78 is 3.22. The van der Waals surface area contributed by atoms with E-state index in [0.717, 1.165) is 11.8 Å². The summed E-state index contributed by atoms with van der Waals surface area (Å²) in [5.41, 5.74) is 0.797. The minimum Gasteiger partial charge on any atom is -0.545 e. The molecule has 2 aromatic carbocycles. The molecule has 0 saturated heterocycles. The summed E-state index contributed by atoms with van der Waals surface area (Å²) >= 11 is -0.245. The summed E-state index contributed by atoms with van der Waals surface area (Å²) in [4.78, 5) is 41.6. The predicted molar refractivity (Wildman–Crippen MR) is 144 cm³/mol. The van der Waals surface area contributed by atoms with Crippen LogP contribution >= 0.6 is 0 Å². The monoisotopic (exact) mass is 644 g/mol. The molecule has 4 radical (unpaired) electrons. The first kappa shape index (κ1) is 35.6. The van der Waals surface area contributed by atoms with Crippen LogP contribution in [0.5, 0.6) is 0 Å². The average molecular weight is 643 g/mol. The van der Waals surface area contributed by atoms with E-state index in [0.29, 0.717) is 23.3 Å². The summed E-state index contributed by atoms with van der Waals surface area (Å²) in [5.74, 6) is -4.10. The maximum atomic E-state index is 10.6. The van der Waals surface area contributed by atoms with Crippen molar-refractivity contribution in [2.75, 3.05) is 0 Å². The zero-order valence-electron chi connectivity index (χ0n) is 22.9. The van der Waals surface area contributed by atoms with Gasteiger partial charge in [0.2, 0.25) is 0 Å². The maximum Gasteiger partial charge on any atom is 0.0678 e. The molecule has 0 aliphatic heterocycles. The van der Waals surface area contributed by atoms with E-state index in [1.165, 1.54) is 0 Å². The van der Waals surface area contributed by atoms with E-state index >= 15 is 0 Å².